The largest absolute Gasteiger partial charge is 0.450 e. The zero-order valence-electron chi connectivity index (χ0n) is 7.10. The zero-order valence-corrected chi connectivity index (χ0v) is 7.10. The number of hydrogen-bond acceptors (Lipinski definition) is 3. The summed E-state index contributed by atoms with van der Waals surface area (Å²) in [5.41, 5.74) is 0.613. The van der Waals surface area contributed by atoms with Gasteiger partial charge in [-0.2, -0.15) is 0 Å². The van der Waals surface area contributed by atoms with Crippen LogP contribution in [0.5, 0.6) is 0 Å². The lowest BCUT2D eigenvalue weighted by atomic mass is 10.2. The fourth-order valence-electron chi connectivity index (χ4n) is 0.910. The van der Waals surface area contributed by atoms with E-state index in [1.807, 2.05) is 5.32 Å². The Morgan fingerprint density at radius 2 is 1.93 bits per heavy atom. The van der Waals surface area contributed by atoms with Gasteiger partial charge in [0.1, 0.15) is 0 Å². The van der Waals surface area contributed by atoms with E-state index >= 15 is 0 Å². The number of nitro groups is 1. The first-order valence-corrected chi connectivity index (χ1v) is 3.78. The molecule has 1 N–H and O–H groups in total. The van der Waals surface area contributed by atoms with Gasteiger partial charge in [0, 0.05) is 18.7 Å². The second-order valence-electron chi connectivity index (χ2n) is 2.56. The van der Waals surface area contributed by atoms with Gasteiger partial charge in [0.15, 0.2) is 0 Å². The van der Waals surface area contributed by atoms with E-state index in [-0.39, 0.29) is 12.2 Å². The van der Waals surface area contributed by atoms with Crippen LogP contribution < -0.4 is 5.32 Å². The molecule has 0 heterocycles. The van der Waals surface area contributed by atoms with Crippen molar-refractivity contribution in [1.82, 2.24) is 5.32 Å². The van der Waals surface area contributed by atoms with Gasteiger partial charge in [-0.3, -0.25) is 10.1 Å². The van der Waals surface area contributed by atoms with Crippen LogP contribution in [0.1, 0.15) is 5.56 Å². The lowest BCUT2D eigenvalue weighted by Crippen LogP contribution is -2.18. The monoisotopic (exact) mass is 195 g/mol. The van der Waals surface area contributed by atoms with E-state index in [9.17, 15) is 20.0 Å². The van der Waals surface area contributed by atoms with E-state index in [0.29, 0.717) is 5.56 Å². The van der Waals surface area contributed by atoms with E-state index in [0.717, 1.165) is 0 Å². The number of hydrogen-bond donors (Lipinski definition) is 1. The van der Waals surface area contributed by atoms with Gasteiger partial charge >= 0.3 is 6.09 Å². The van der Waals surface area contributed by atoms with Gasteiger partial charge in [-0.1, -0.05) is 12.1 Å². The number of nitro benzene ring substituents is 1. The molecule has 0 fully saturated rings. The van der Waals surface area contributed by atoms with Gasteiger partial charge in [0.25, 0.3) is 5.69 Å². The van der Waals surface area contributed by atoms with E-state index in [1.54, 1.807) is 0 Å². The molecule has 0 saturated carbocycles. The van der Waals surface area contributed by atoms with Crippen LogP contribution >= 0.6 is 0 Å². The summed E-state index contributed by atoms with van der Waals surface area (Å²) in [4.78, 5) is 19.8. The third kappa shape index (κ3) is 2.74. The van der Waals surface area contributed by atoms with Crippen LogP contribution in [0.2, 0.25) is 0 Å². The Morgan fingerprint density at radius 3 is 2.36 bits per heavy atom. The molecule has 6 nitrogen and oxygen atoms in total. The third-order valence-corrected chi connectivity index (χ3v) is 1.58. The van der Waals surface area contributed by atoms with Crippen LogP contribution in [0.25, 0.3) is 0 Å². The van der Waals surface area contributed by atoms with Gasteiger partial charge in [-0.25, -0.2) is 9.90 Å². The molecular weight excluding hydrogens is 188 g/mol. The van der Waals surface area contributed by atoms with E-state index < -0.39 is 11.0 Å². The molecule has 0 aliphatic rings. The molecule has 1 aromatic rings. The number of nitrogens with zero attached hydrogens (tertiary/aromatic N) is 1. The molecule has 1 amide bonds. The number of rotatable bonds is 3. The Kier molecular flexibility index (Phi) is 3.01. The van der Waals surface area contributed by atoms with Gasteiger partial charge in [-0.15, -0.1) is 0 Å². The Morgan fingerprint density at radius 1 is 1.36 bits per heavy atom. The highest BCUT2D eigenvalue weighted by atomic mass is 16.6. The topological polar surface area (TPSA) is 92.1 Å². The predicted molar refractivity (Wildman–Crippen MR) is 46.0 cm³/mol. The Balaban J connectivity index is 2.64. The molecule has 6 heteroatoms. The Hall–Kier alpha value is -2.11. The molecule has 1 aromatic carbocycles. The number of nitrogens with one attached hydrogen (secondary N) is 1. The van der Waals surface area contributed by atoms with Crippen molar-refractivity contribution in [3.63, 3.8) is 0 Å². The quantitative estimate of drug-likeness (QED) is 0.580. The van der Waals surface area contributed by atoms with Crippen molar-refractivity contribution < 1.29 is 14.8 Å². The van der Waals surface area contributed by atoms with Crippen LogP contribution in [0, 0.1) is 10.1 Å². The molecular formula is C8H7N2O4. The SMILES string of the molecule is [O]C(=O)NCc1ccc([N+](=O)[O-])cc1. The number of benzene rings is 1. The van der Waals surface area contributed by atoms with Crippen LogP contribution in [0.3, 0.4) is 0 Å². The summed E-state index contributed by atoms with van der Waals surface area (Å²) in [7, 11) is 0. The Labute approximate surface area is 79.3 Å². The summed E-state index contributed by atoms with van der Waals surface area (Å²) >= 11 is 0. The fraction of sp³-hybridized carbons (Fsp3) is 0.125. The molecule has 1 radical (unpaired) electrons. The highest BCUT2D eigenvalue weighted by Crippen LogP contribution is 2.11. The maximum atomic E-state index is 10.3. The summed E-state index contributed by atoms with van der Waals surface area (Å²) in [5.74, 6) is 0. The van der Waals surface area contributed by atoms with Gasteiger partial charge < -0.3 is 5.32 Å². The van der Waals surface area contributed by atoms with Crippen molar-refractivity contribution in [2.24, 2.45) is 0 Å². The van der Waals surface area contributed by atoms with E-state index in [4.69, 9.17) is 0 Å². The smallest absolute Gasteiger partial charge is 0.314 e. The Bertz CT molecular complexity index is 347. The van der Waals surface area contributed by atoms with E-state index in [1.165, 1.54) is 24.3 Å². The normalized spacial score (nSPS) is 9.43. The molecule has 73 valence electrons. The summed E-state index contributed by atoms with van der Waals surface area (Å²) in [6.07, 6.45) is -1.37. The van der Waals surface area contributed by atoms with Gasteiger partial charge in [0.05, 0.1) is 4.92 Å². The first-order valence-electron chi connectivity index (χ1n) is 3.78. The highest BCUT2D eigenvalue weighted by molar-refractivity contribution is 5.63. The van der Waals surface area contributed by atoms with Crippen molar-refractivity contribution in [2.45, 2.75) is 6.54 Å². The van der Waals surface area contributed by atoms with Crippen LogP contribution in [0.15, 0.2) is 24.3 Å². The number of non-ortho nitro benzene ring substituents is 1. The summed E-state index contributed by atoms with van der Waals surface area (Å²) in [6, 6.07) is 5.58. The molecule has 0 saturated heterocycles. The first-order chi connectivity index (χ1) is 6.59. The minimum atomic E-state index is -1.37. The van der Waals surface area contributed by atoms with Crippen LogP contribution in [-0.4, -0.2) is 11.0 Å². The average molecular weight is 195 g/mol. The third-order valence-electron chi connectivity index (χ3n) is 1.58. The predicted octanol–water partition coefficient (Wildman–Crippen LogP) is 1.23. The molecule has 0 aliphatic heterocycles. The maximum absolute atomic E-state index is 10.3. The molecule has 0 spiro atoms. The first kappa shape index (κ1) is 9.97. The van der Waals surface area contributed by atoms with Crippen LogP contribution in [-0.2, 0) is 11.7 Å². The van der Waals surface area contributed by atoms with Crippen LogP contribution in [0.4, 0.5) is 10.5 Å². The van der Waals surface area contributed by atoms with E-state index in [2.05, 4.69) is 0 Å². The molecule has 0 aliphatic carbocycles. The average Bonchev–Trinajstić information content (AvgIpc) is 2.15. The highest BCUT2D eigenvalue weighted by Gasteiger charge is 2.04. The van der Waals surface area contributed by atoms with Crippen molar-refractivity contribution in [1.29, 1.82) is 0 Å². The molecule has 1 rings (SSSR count). The van der Waals surface area contributed by atoms with Crippen molar-refractivity contribution >= 4 is 11.8 Å². The summed E-state index contributed by atoms with van der Waals surface area (Å²) < 4.78 is 0. The molecule has 0 atom stereocenters. The number of amides is 1. The van der Waals surface area contributed by atoms with Crippen molar-refractivity contribution in [3.05, 3.63) is 39.9 Å². The standard InChI is InChI=1S/C8H7N2O4/c11-8(12)9-5-6-1-3-7(4-2-6)10(13)14/h1-4,9H,5H2. The maximum Gasteiger partial charge on any atom is 0.450 e. The summed E-state index contributed by atoms with van der Waals surface area (Å²) in [5, 5.41) is 22.3. The zero-order chi connectivity index (χ0) is 10.6. The molecule has 0 aromatic heterocycles. The van der Waals surface area contributed by atoms with Crippen molar-refractivity contribution in [3.8, 4) is 0 Å². The molecule has 0 bridgehead atoms. The molecule has 14 heavy (non-hydrogen) atoms. The second-order valence-corrected chi connectivity index (χ2v) is 2.56. The number of carbonyl (C=O) groups is 1. The molecule has 0 unspecified atom stereocenters. The number of carbonyl (C=O) groups excluding carboxylic acids is 1. The summed E-state index contributed by atoms with van der Waals surface area (Å²) in [6.45, 7) is 0.0837. The van der Waals surface area contributed by atoms with Gasteiger partial charge in [-0.05, 0) is 5.56 Å². The lowest BCUT2D eigenvalue weighted by molar-refractivity contribution is -0.384. The minimum absolute atomic E-state index is 0.0257. The minimum Gasteiger partial charge on any atom is -0.314 e. The second kappa shape index (κ2) is 4.22. The fourth-order valence-corrected chi connectivity index (χ4v) is 0.910. The van der Waals surface area contributed by atoms with Gasteiger partial charge in [0.2, 0.25) is 0 Å². The van der Waals surface area contributed by atoms with Crippen molar-refractivity contribution in [2.75, 3.05) is 0 Å². The lowest BCUT2D eigenvalue weighted by Gasteiger charge is -1.98.